The minimum Gasteiger partial charge on any atom is -0.496 e. The minimum absolute atomic E-state index is 0. The summed E-state index contributed by atoms with van der Waals surface area (Å²) in [5.41, 5.74) is 3.00. The standard InChI is InChI=1S/C24H29N3O4.ClH/c1-25(23(28)16-17-7-5-8-18(15-17)27(29)30)24-20-9-6-10-22(31-2)19(20)11-12-21(24)26-13-3-4-14-26;/h5-10,15,21,24H,3-4,11-14,16H2,1-2H3;1H/t21-,24-;/m0./s1. The molecule has 1 fully saturated rings. The lowest BCUT2D eigenvalue weighted by atomic mass is 9.81. The van der Waals surface area contributed by atoms with Crippen LogP contribution in [0.25, 0.3) is 0 Å². The van der Waals surface area contributed by atoms with Gasteiger partial charge < -0.3 is 9.64 Å². The van der Waals surface area contributed by atoms with Crippen LogP contribution in [0.4, 0.5) is 5.69 Å². The molecule has 0 bridgehead atoms. The molecule has 1 aliphatic carbocycles. The van der Waals surface area contributed by atoms with Crippen LogP contribution in [0.5, 0.6) is 5.75 Å². The Hall–Kier alpha value is -2.64. The van der Waals surface area contributed by atoms with Gasteiger partial charge in [0.25, 0.3) is 5.69 Å². The number of hydrogen-bond donors (Lipinski definition) is 0. The number of rotatable bonds is 6. The van der Waals surface area contributed by atoms with Crippen molar-refractivity contribution >= 4 is 24.0 Å². The zero-order valence-corrected chi connectivity index (χ0v) is 19.3. The molecule has 2 aromatic rings. The molecule has 1 aliphatic heterocycles. The van der Waals surface area contributed by atoms with E-state index in [0.717, 1.165) is 37.2 Å². The van der Waals surface area contributed by atoms with Crippen molar-refractivity contribution < 1.29 is 14.5 Å². The summed E-state index contributed by atoms with van der Waals surface area (Å²) in [5.74, 6) is 0.840. The van der Waals surface area contributed by atoms with Gasteiger partial charge in [-0.1, -0.05) is 24.3 Å². The molecule has 2 aliphatic rings. The number of ether oxygens (including phenoxy) is 1. The van der Waals surface area contributed by atoms with Crippen molar-refractivity contribution in [3.63, 3.8) is 0 Å². The molecule has 8 heteroatoms. The van der Waals surface area contributed by atoms with E-state index >= 15 is 0 Å². The van der Waals surface area contributed by atoms with Gasteiger partial charge in [-0.3, -0.25) is 19.8 Å². The first kappa shape index (κ1) is 24.0. The van der Waals surface area contributed by atoms with Crippen molar-refractivity contribution in [2.24, 2.45) is 0 Å². The van der Waals surface area contributed by atoms with E-state index in [4.69, 9.17) is 4.74 Å². The summed E-state index contributed by atoms with van der Waals surface area (Å²) in [6.07, 6.45) is 4.44. The molecular weight excluding hydrogens is 430 g/mol. The van der Waals surface area contributed by atoms with Crippen molar-refractivity contribution in [1.82, 2.24) is 9.80 Å². The van der Waals surface area contributed by atoms with E-state index in [9.17, 15) is 14.9 Å². The molecule has 4 rings (SSSR count). The Morgan fingerprint density at radius 1 is 1.22 bits per heavy atom. The molecule has 0 unspecified atom stereocenters. The van der Waals surface area contributed by atoms with E-state index in [1.807, 2.05) is 24.1 Å². The van der Waals surface area contributed by atoms with Gasteiger partial charge in [-0.25, -0.2) is 0 Å². The van der Waals surface area contributed by atoms with Crippen LogP contribution in [-0.4, -0.2) is 53.9 Å². The zero-order valence-electron chi connectivity index (χ0n) is 18.5. The second-order valence-corrected chi connectivity index (χ2v) is 8.43. The first-order valence-corrected chi connectivity index (χ1v) is 10.9. The Balaban J connectivity index is 0.00000289. The smallest absolute Gasteiger partial charge is 0.269 e. The maximum Gasteiger partial charge on any atom is 0.269 e. The monoisotopic (exact) mass is 459 g/mol. The van der Waals surface area contributed by atoms with E-state index in [0.29, 0.717) is 5.56 Å². The molecule has 1 amide bonds. The van der Waals surface area contributed by atoms with Crippen LogP contribution >= 0.6 is 12.4 Å². The number of likely N-dealkylation sites (tertiary alicyclic amines) is 1. The van der Waals surface area contributed by atoms with Gasteiger partial charge in [0.05, 0.1) is 24.5 Å². The zero-order chi connectivity index (χ0) is 22.0. The highest BCUT2D eigenvalue weighted by atomic mass is 35.5. The molecule has 7 nitrogen and oxygen atoms in total. The molecule has 2 aromatic carbocycles. The number of nitro benzene ring substituents is 1. The van der Waals surface area contributed by atoms with Gasteiger partial charge in [0.1, 0.15) is 5.75 Å². The van der Waals surface area contributed by atoms with Gasteiger partial charge in [-0.2, -0.15) is 0 Å². The average Bonchev–Trinajstić information content (AvgIpc) is 3.32. The molecule has 0 saturated carbocycles. The number of carbonyl (C=O) groups excluding carboxylic acids is 1. The Kier molecular flexibility index (Phi) is 7.74. The molecule has 0 N–H and O–H groups in total. The van der Waals surface area contributed by atoms with E-state index in [1.54, 1.807) is 19.2 Å². The van der Waals surface area contributed by atoms with Crippen LogP contribution in [0.2, 0.25) is 0 Å². The minimum atomic E-state index is -0.426. The van der Waals surface area contributed by atoms with Crippen LogP contribution in [-0.2, 0) is 17.6 Å². The van der Waals surface area contributed by atoms with Crippen LogP contribution in [0.1, 0.15) is 42.0 Å². The first-order valence-electron chi connectivity index (χ1n) is 10.9. The third-order valence-corrected chi connectivity index (χ3v) is 6.66. The molecule has 0 radical (unpaired) electrons. The molecule has 2 atom stereocenters. The third-order valence-electron chi connectivity index (χ3n) is 6.66. The van der Waals surface area contributed by atoms with E-state index in [1.165, 1.54) is 30.5 Å². The number of nitro groups is 1. The van der Waals surface area contributed by atoms with Gasteiger partial charge in [0.15, 0.2) is 0 Å². The van der Waals surface area contributed by atoms with Gasteiger partial charge in [-0.05, 0) is 61.5 Å². The van der Waals surface area contributed by atoms with E-state index in [2.05, 4.69) is 11.0 Å². The Morgan fingerprint density at radius 3 is 2.62 bits per heavy atom. The number of carbonyl (C=O) groups is 1. The highest BCUT2D eigenvalue weighted by Gasteiger charge is 2.39. The summed E-state index contributed by atoms with van der Waals surface area (Å²) in [4.78, 5) is 28.4. The number of methoxy groups -OCH3 is 1. The molecule has 32 heavy (non-hydrogen) atoms. The van der Waals surface area contributed by atoms with Crippen LogP contribution in [0.3, 0.4) is 0 Å². The fourth-order valence-electron chi connectivity index (χ4n) is 5.13. The van der Waals surface area contributed by atoms with E-state index in [-0.39, 0.29) is 42.5 Å². The Morgan fingerprint density at radius 2 is 1.94 bits per heavy atom. The maximum atomic E-state index is 13.3. The lowest BCUT2D eigenvalue weighted by molar-refractivity contribution is -0.384. The Labute approximate surface area is 194 Å². The van der Waals surface area contributed by atoms with Crippen molar-refractivity contribution in [3.05, 3.63) is 69.3 Å². The van der Waals surface area contributed by atoms with Gasteiger partial charge >= 0.3 is 0 Å². The van der Waals surface area contributed by atoms with Crippen LogP contribution in [0, 0.1) is 10.1 Å². The average molecular weight is 460 g/mol. The summed E-state index contributed by atoms with van der Waals surface area (Å²) in [5, 5.41) is 11.1. The lowest BCUT2D eigenvalue weighted by Crippen LogP contribution is -2.48. The summed E-state index contributed by atoms with van der Waals surface area (Å²) in [6.45, 7) is 2.13. The lowest BCUT2D eigenvalue weighted by Gasteiger charge is -2.44. The fraction of sp³-hybridized carbons (Fsp3) is 0.458. The fourth-order valence-corrected chi connectivity index (χ4v) is 5.13. The van der Waals surface area contributed by atoms with Crippen LogP contribution in [0.15, 0.2) is 42.5 Å². The molecular formula is C24H30ClN3O4. The second kappa shape index (κ2) is 10.3. The van der Waals surface area contributed by atoms with Crippen molar-refractivity contribution in [3.8, 4) is 5.75 Å². The highest BCUT2D eigenvalue weighted by Crippen LogP contribution is 2.41. The molecule has 1 saturated heterocycles. The van der Waals surface area contributed by atoms with Crippen LogP contribution < -0.4 is 4.74 Å². The first-order chi connectivity index (χ1) is 15.0. The number of amides is 1. The number of non-ortho nitro benzene ring substituents is 1. The summed E-state index contributed by atoms with van der Waals surface area (Å²) in [6, 6.07) is 12.6. The van der Waals surface area contributed by atoms with Gasteiger partial charge in [0, 0.05) is 25.2 Å². The normalized spacial score (nSPS) is 20.2. The number of likely N-dealkylation sites (N-methyl/N-ethyl adjacent to an activating group) is 1. The predicted molar refractivity (Wildman–Crippen MR) is 125 cm³/mol. The molecule has 1 heterocycles. The number of benzene rings is 2. The molecule has 172 valence electrons. The van der Waals surface area contributed by atoms with Gasteiger partial charge in [-0.15, -0.1) is 12.4 Å². The highest BCUT2D eigenvalue weighted by molar-refractivity contribution is 5.85. The summed E-state index contributed by atoms with van der Waals surface area (Å²) < 4.78 is 5.61. The topological polar surface area (TPSA) is 75.9 Å². The van der Waals surface area contributed by atoms with Crippen molar-refractivity contribution in [1.29, 1.82) is 0 Å². The Bertz CT molecular complexity index is 977. The summed E-state index contributed by atoms with van der Waals surface area (Å²) in [7, 11) is 3.55. The number of hydrogen-bond acceptors (Lipinski definition) is 5. The van der Waals surface area contributed by atoms with Gasteiger partial charge in [0.2, 0.25) is 5.91 Å². The predicted octanol–water partition coefficient (Wildman–Crippen LogP) is 4.18. The third kappa shape index (κ3) is 4.74. The number of halogens is 1. The SMILES string of the molecule is COc1cccc2c1CC[C@H](N1CCCC1)[C@H]2N(C)C(=O)Cc1cccc([N+](=O)[O-])c1.Cl. The number of nitrogens with zero attached hydrogens (tertiary/aromatic N) is 3. The second-order valence-electron chi connectivity index (χ2n) is 8.43. The van der Waals surface area contributed by atoms with Crippen molar-refractivity contribution in [2.45, 2.75) is 44.2 Å². The van der Waals surface area contributed by atoms with E-state index < -0.39 is 4.92 Å². The largest absolute Gasteiger partial charge is 0.496 e. The summed E-state index contributed by atoms with van der Waals surface area (Å²) >= 11 is 0. The number of fused-ring (bicyclic) bond motifs is 1. The van der Waals surface area contributed by atoms with Crippen molar-refractivity contribution in [2.75, 3.05) is 27.2 Å². The molecule has 0 aromatic heterocycles. The quantitative estimate of drug-likeness (QED) is 0.478. The maximum absolute atomic E-state index is 13.3. The molecule has 0 spiro atoms.